The summed E-state index contributed by atoms with van der Waals surface area (Å²) in [7, 11) is 0. The first-order valence-corrected chi connectivity index (χ1v) is 7.19. The first-order valence-electron chi connectivity index (χ1n) is 7.19. The van der Waals surface area contributed by atoms with Crippen molar-refractivity contribution in [2.75, 3.05) is 6.54 Å². The monoisotopic (exact) mass is 310 g/mol. The Morgan fingerprint density at radius 1 is 1.13 bits per heavy atom. The number of hydrogen-bond donors (Lipinski definition) is 2. The summed E-state index contributed by atoms with van der Waals surface area (Å²) < 4.78 is 0. The van der Waals surface area contributed by atoms with Crippen LogP contribution in [0.3, 0.4) is 0 Å². The maximum Gasteiger partial charge on any atom is 0.259 e. The number of aromatic nitrogens is 1. The van der Waals surface area contributed by atoms with Crippen molar-refractivity contribution < 1.29 is 9.59 Å². The van der Waals surface area contributed by atoms with Crippen molar-refractivity contribution in [3.63, 3.8) is 0 Å². The Kier molecular flexibility index (Phi) is 5.99. The van der Waals surface area contributed by atoms with Gasteiger partial charge < -0.3 is 5.32 Å². The molecule has 0 fully saturated rings. The SMILES string of the molecule is C/C(Cc1ccccc1)=N\NC(=O)CNC(=O)c1cccnc1. The van der Waals surface area contributed by atoms with E-state index in [9.17, 15) is 9.59 Å². The number of nitrogens with zero attached hydrogens (tertiary/aromatic N) is 2. The molecule has 0 aliphatic rings. The molecule has 0 bridgehead atoms. The lowest BCUT2D eigenvalue weighted by atomic mass is 10.1. The van der Waals surface area contributed by atoms with Crippen molar-refractivity contribution in [3.05, 3.63) is 66.0 Å². The van der Waals surface area contributed by atoms with E-state index in [1.54, 1.807) is 18.3 Å². The lowest BCUT2D eigenvalue weighted by molar-refractivity contribution is -0.120. The highest BCUT2D eigenvalue weighted by Crippen LogP contribution is 2.00. The maximum atomic E-state index is 11.8. The highest BCUT2D eigenvalue weighted by atomic mass is 16.2. The van der Waals surface area contributed by atoms with E-state index in [0.29, 0.717) is 12.0 Å². The molecule has 0 saturated carbocycles. The van der Waals surface area contributed by atoms with E-state index >= 15 is 0 Å². The van der Waals surface area contributed by atoms with Crippen molar-refractivity contribution >= 4 is 17.5 Å². The number of carbonyl (C=O) groups is 2. The lowest BCUT2D eigenvalue weighted by Crippen LogP contribution is -2.35. The third kappa shape index (κ3) is 5.70. The van der Waals surface area contributed by atoms with Gasteiger partial charge in [0, 0.05) is 24.5 Å². The van der Waals surface area contributed by atoms with Crippen LogP contribution in [0.15, 0.2) is 60.0 Å². The van der Waals surface area contributed by atoms with Crippen LogP contribution < -0.4 is 10.7 Å². The number of hydrazone groups is 1. The van der Waals surface area contributed by atoms with Gasteiger partial charge in [0.15, 0.2) is 0 Å². The van der Waals surface area contributed by atoms with Crippen LogP contribution >= 0.6 is 0 Å². The summed E-state index contributed by atoms with van der Waals surface area (Å²) in [6, 6.07) is 13.1. The van der Waals surface area contributed by atoms with Crippen LogP contribution in [0, 0.1) is 0 Å². The van der Waals surface area contributed by atoms with E-state index in [2.05, 4.69) is 20.8 Å². The summed E-state index contributed by atoms with van der Waals surface area (Å²) in [6.07, 6.45) is 3.67. The molecule has 1 aromatic heterocycles. The molecule has 0 unspecified atom stereocenters. The Bertz CT molecular complexity index is 684. The summed E-state index contributed by atoms with van der Waals surface area (Å²) in [6.45, 7) is 1.69. The van der Waals surface area contributed by atoms with Crippen molar-refractivity contribution in [2.45, 2.75) is 13.3 Å². The van der Waals surface area contributed by atoms with E-state index in [-0.39, 0.29) is 18.4 Å². The largest absolute Gasteiger partial charge is 0.343 e. The number of nitrogens with one attached hydrogen (secondary N) is 2. The molecule has 2 N–H and O–H groups in total. The van der Waals surface area contributed by atoms with Gasteiger partial charge in [0.05, 0.1) is 12.1 Å². The van der Waals surface area contributed by atoms with E-state index < -0.39 is 0 Å². The van der Waals surface area contributed by atoms with Crippen LogP contribution in [-0.2, 0) is 11.2 Å². The van der Waals surface area contributed by atoms with E-state index in [1.807, 2.05) is 37.3 Å². The van der Waals surface area contributed by atoms with Gasteiger partial charge in [-0.2, -0.15) is 5.10 Å². The molecule has 0 spiro atoms. The molecule has 118 valence electrons. The van der Waals surface area contributed by atoms with Crippen molar-refractivity contribution in [3.8, 4) is 0 Å². The quantitative estimate of drug-likeness (QED) is 0.627. The molecule has 0 radical (unpaired) electrons. The second-order valence-corrected chi connectivity index (χ2v) is 4.97. The lowest BCUT2D eigenvalue weighted by Gasteiger charge is -2.05. The second-order valence-electron chi connectivity index (χ2n) is 4.97. The molecule has 0 saturated heterocycles. The predicted octanol–water partition coefficient (Wildman–Crippen LogP) is 1.55. The van der Waals surface area contributed by atoms with Gasteiger partial charge in [-0.3, -0.25) is 14.6 Å². The summed E-state index contributed by atoms with van der Waals surface area (Å²) in [5, 5.41) is 6.54. The minimum Gasteiger partial charge on any atom is -0.343 e. The van der Waals surface area contributed by atoms with Gasteiger partial charge in [-0.15, -0.1) is 0 Å². The molecule has 6 heteroatoms. The number of amides is 2. The predicted molar refractivity (Wildman–Crippen MR) is 88.0 cm³/mol. The van der Waals surface area contributed by atoms with Gasteiger partial charge in [-0.1, -0.05) is 30.3 Å². The zero-order chi connectivity index (χ0) is 16.5. The van der Waals surface area contributed by atoms with Gasteiger partial charge in [-0.25, -0.2) is 5.43 Å². The molecular formula is C17H18N4O2. The summed E-state index contributed by atoms with van der Waals surface area (Å²) in [4.78, 5) is 27.3. The first-order chi connectivity index (χ1) is 11.1. The summed E-state index contributed by atoms with van der Waals surface area (Å²) >= 11 is 0. The fourth-order valence-corrected chi connectivity index (χ4v) is 1.89. The van der Waals surface area contributed by atoms with Crippen LogP contribution in [0.2, 0.25) is 0 Å². The molecule has 2 amide bonds. The first kappa shape index (κ1) is 16.4. The van der Waals surface area contributed by atoms with Gasteiger partial charge in [0.2, 0.25) is 0 Å². The fraction of sp³-hybridized carbons (Fsp3) is 0.176. The highest BCUT2D eigenvalue weighted by Gasteiger charge is 2.07. The Hall–Kier alpha value is -3.02. The topological polar surface area (TPSA) is 83.5 Å². The smallest absolute Gasteiger partial charge is 0.259 e. The van der Waals surface area contributed by atoms with E-state index in [1.165, 1.54) is 6.20 Å². The van der Waals surface area contributed by atoms with Crippen molar-refractivity contribution in [1.82, 2.24) is 15.7 Å². The molecular weight excluding hydrogens is 292 g/mol. The van der Waals surface area contributed by atoms with Gasteiger partial charge in [-0.05, 0) is 24.6 Å². The van der Waals surface area contributed by atoms with Crippen LogP contribution in [0.1, 0.15) is 22.8 Å². The zero-order valence-electron chi connectivity index (χ0n) is 12.8. The summed E-state index contributed by atoms with van der Waals surface area (Å²) in [5.41, 5.74) is 4.73. The van der Waals surface area contributed by atoms with Crippen LogP contribution in [0.5, 0.6) is 0 Å². The fourth-order valence-electron chi connectivity index (χ4n) is 1.89. The van der Waals surface area contributed by atoms with E-state index in [4.69, 9.17) is 0 Å². The van der Waals surface area contributed by atoms with Gasteiger partial charge in [0.1, 0.15) is 0 Å². The Morgan fingerprint density at radius 3 is 2.61 bits per heavy atom. The Labute approximate surface area is 134 Å². The minimum atomic E-state index is -0.380. The highest BCUT2D eigenvalue weighted by molar-refractivity contribution is 5.96. The molecule has 0 atom stereocenters. The number of hydrogen-bond acceptors (Lipinski definition) is 4. The molecule has 23 heavy (non-hydrogen) atoms. The molecule has 2 rings (SSSR count). The number of rotatable bonds is 6. The van der Waals surface area contributed by atoms with Gasteiger partial charge >= 0.3 is 0 Å². The summed E-state index contributed by atoms with van der Waals surface area (Å²) in [5.74, 6) is -0.729. The normalized spacial score (nSPS) is 10.9. The number of carbonyl (C=O) groups excluding carboxylic acids is 2. The second kappa shape index (κ2) is 8.43. The average molecular weight is 310 g/mol. The van der Waals surface area contributed by atoms with Crippen LogP contribution in [0.4, 0.5) is 0 Å². The Morgan fingerprint density at radius 2 is 1.91 bits per heavy atom. The van der Waals surface area contributed by atoms with Crippen molar-refractivity contribution in [1.29, 1.82) is 0 Å². The standard InChI is InChI=1S/C17H18N4O2/c1-13(10-14-6-3-2-4-7-14)20-21-16(22)12-19-17(23)15-8-5-9-18-11-15/h2-9,11H,10,12H2,1H3,(H,19,23)(H,21,22)/b20-13+. The molecule has 0 aliphatic heterocycles. The molecule has 1 heterocycles. The maximum absolute atomic E-state index is 11.8. The van der Waals surface area contributed by atoms with Crippen LogP contribution in [0.25, 0.3) is 0 Å². The third-order valence-corrected chi connectivity index (χ3v) is 3.01. The molecule has 0 aliphatic carbocycles. The zero-order valence-corrected chi connectivity index (χ0v) is 12.8. The average Bonchev–Trinajstić information content (AvgIpc) is 2.59. The third-order valence-electron chi connectivity index (χ3n) is 3.01. The number of pyridine rings is 1. The molecule has 6 nitrogen and oxygen atoms in total. The van der Waals surface area contributed by atoms with Crippen molar-refractivity contribution in [2.24, 2.45) is 5.10 Å². The molecule has 1 aromatic carbocycles. The van der Waals surface area contributed by atoms with Gasteiger partial charge in [0.25, 0.3) is 11.8 Å². The molecule has 2 aromatic rings. The number of benzene rings is 1. The Balaban J connectivity index is 1.76. The minimum absolute atomic E-state index is 0.143. The van der Waals surface area contributed by atoms with Crippen LogP contribution in [-0.4, -0.2) is 29.1 Å². The van der Waals surface area contributed by atoms with E-state index in [0.717, 1.165) is 11.3 Å².